The van der Waals surface area contributed by atoms with E-state index in [1.54, 1.807) is 18.2 Å². The first-order chi connectivity index (χ1) is 11.3. The summed E-state index contributed by atoms with van der Waals surface area (Å²) < 4.78 is 39.4. The minimum absolute atomic E-state index is 0.0539. The second kappa shape index (κ2) is 7.85. The molecule has 1 aliphatic rings. The molecular formula is C16H23NO6S. The number of sulfone groups is 1. The van der Waals surface area contributed by atoms with Crippen LogP contribution in [-0.4, -0.2) is 52.3 Å². The fourth-order valence-electron chi connectivity index (χ4n) is 2.26. The molecule has 1 N–H and O–H groups in total. The van der Waals surface area contributed by atoms with Gasteiger partial charge in [0, 0.05) is 24.6 Å². The lowest BCUT2D eigenvalue weighted by molar-refractivity contribution is -0.115. The van der Waals surface area contributed by atoms with Crippen LogP contribution in [0.3, 0.4) is 0 Å². The summed E-state index contributed by atoms with van der Waals surface area (Å²) in [5.41, 5.74) is 0.443. The average molecular weight is 357 g/mol. The van der Waals surface area contributed by atoms with Crippen LogP contribution in [0.2, 0.25) is 0 Å². The van der Waals surface area contributed by atoms with Crippen LogP contribution >= 0.6 is 0 Å². The molecule has 1 amide bonds. The molecule has 0 radical (unpaired) electrons. The van der Waals surface area contributed by atoms with Crippen molar-refractivity contribution in [2.24, 2.45) is 0 Å². The normalized spacial score (nSPS) is 18.9. The molecule has 1 fully saturated rings. The smallest absolute Gasteiger partial charge is 0.242 e. The Morgan fingerprint density at radius 2 is 2.17 bits per heavy atom. The maximum absolute atomic E-state index is 12.0. The number of benzene rings is 1. The lowest BCUT2D eigenvalue weighted by Gasteiger charge is -2.16. The minimum atomic E-state index is -3.45. The summed E-state index contributed by atoms with van der Waals surface area (Å²) in [6, 6.07) is 4.90. The number of carbonyl (C=O) groups is 1. The van der Waals surface area contributed by atoms with Gasteiger partial charge in [0.05, 0.1) is 13.2 Å². The van der Waals surface area contributed by atoms with Crippen molar-refractivity contribution in [3.8, 4) is 11.5 Å². The van der Waals surface area contributed by atoms with Crippen molar-refractivity contribution in [3.63, 3.8) is 0 Å². The topological polar surface area (TPSA) is 90.9 Å². The molecule has 1 saturated heterocycles. The molecule has 24 heavy (non-hydrogen) atoms. The first kappa shape index (κ1) is 18.5. The van der Waals surface area contributed by atoms with Gasteiger partial charge >= 0.3 is 0 Å². The summed E-state index contributed by atoms with van der Waals surface area (Å²) in [5, 5.41) is 1.45. The molecular weight excluding hydrogens is 334 g/mol. The fraction of sp³-hybridized carbons (Fsp3) is 0.562. The van der Waals surface area contributed by atoms with Crippen LogP contribution in [0.4, 0.5) is 5.69 Å². The Bertz CT molecular complexity index is 682. The quantitative estimate of drug-likeness (QED) is 0.797. The highest BCUT2D eigenvalue weighted by Crippen LogP contribution is 2.31. The molecule has 0 aromatic heterocycles. The highest BCUT2D eigenvalue weighted by atomic mass is 32.2. The van der Waals surface area contributed by atoms with E-state index in [4.69, 9.17) is 14.2 Å². The van der Waals surface area contributed by atoms with E-state index >= 15 is 0 Å². The van der Waals surface area contributed by atoms with Crippen molar-refractivity contribution in [3.05, 3.63) is 18.2 Å². The van der Waals surface area contributed by atoms with Crippen LogP contribution < -0.4 is 14.8 Å². The number of hydrogen-bond donors (Lipinski definition) is 1. The SMILES string of the molecule is COc1ccc(NC(=O)[C@H](C)S(C)(=O)=O)cc1OC[C@H]1CCCO1. The lowest BCUT2D eigenvalue weighted by Crippen LogP contribution is -2.31. The van der Waals surface area contributed by atoms with Crippen molar-refractivity contribution in [2.75, 3.05) is 31.9 Å². The van der Waals surface area contributed by atoms with Crippen LogP contribution in [0, 0.1) is 0 Å². The Balaban J connectivity index is 2.08. The van der Waals surface area contributed by atoms with Gasteiger partial charge < -0.3 is 19.5 Å². The van der Waals surface area contributed by atoms with Gasteiger partial charge in [-0.3, -0.25) is 4.79 Å². The molecule has 0 aliphatic carbocycles. The van der Waals surface area contributed by atoms with Crippen LogP contribution in [0.25, 0.3) is 0 Å². The van der Waals surface area contributed by atoms with Crippen LogP contribution in [0.1, 0.15) is 19.8 Å². The van der Waals surface area contributed by atoms with Gasteiger partial charge in [-0.25, -0.2) is 8.42 Å². The zero-order valence-electron chi connectivity index (χ0n) is 14.1. The van der Waals surface area contributed by atoms with Gasteiger partial charge in [0.25, 0.3) is 0 Å². The molecule has 1 aliphatic heterocycles. The van der Waals surface area contributed by atoms with Gasteiger partial charge in [-0.1, -0.05) is 0 Å². The van der Waals surface area contributed by atoms with E-state index in [0.29, 0.717) is 23.8 Å². The molecule has 2 atom stereocenters. The monoisotopic (exact) mass is 357 g/mol. The zero-order chi connectivity index (χ0) is 17.7. The number of amides is 1. The van der Waals surface area contributed by atoms with E-state index < -0.39 is 21.0 Å². The van der Waals surface area contributed by atoms with E-state index in [-0.39, 0.29) is 6.10 Å². The van der Waals surface area contributed by atoms with E-state index in [0.717, 1.165) is 25.7 Å². The van der Waals surface area contributed by atoms with Gasteiger partial charge in [0.15, 0.2) is 21.3 Å². The maximum Gasteiger partial charge on any atom is 0.242 e. The van der Waals surface area contributed by atoms with E-state index in [1.807, 2.05) is 0 Å². The summed E-state index contributed by atoms with van der Waals surface area (Å²) in [5.74, 6) is 0.410. The molecule has 0 bridgehead atoms. The van der Waals surface area contributed by atoms with Crippen LogP contribution in [-0.2, 0) is 19.4 Å². The molecule has 1 aromatic rings. The average Bonchev–Trinajstić information content (AvgIpc) is 3.04. The number of methoxy groups -OCH3 is 1. The second-order valence-electron chi connectivity index (χ2n) is 5.77. The molecule has 2 rings (SSSR count). The standard InChI is InChI=1S/C16H23NO6S/c1-11(24(3,19)20)16(18)17-12-6-7-14(21-2)15(9-12)23-10-13-5-4-8-22-13/h6-7,9,11,13H,4-5,8,10H2,1-3H3,(H,17,18)/t11-,13+/m0/s1. The highest BCUT2D eigenvalue weighted by molar-refractivity contribution is 7.92. The van der Waals surface area contributed by atoms with Crippen LogP contribution in [0.15, 0.2) is 18.2 Å². The molecule has 134 valence electrons. The summed E-state index contributed by atoms with van der Waals surface area (Å²) in [7, 11) is -1.92. The van der Waals surface area contributed by atoms with E-state index in [1.165, 1.54) is 14.0 Å². The number of hydrogen-bond acceptors (Lipinski definition) is 6. The maximum atomic E-state index is 12.0. The van der Waals surface area contributed by atoms with Gasteiger partial charge in [0.1, 0.15) is 11.9 Å². The van der Waals surface area contributed by atoms with Gasteiger partial charge in [0.2, 0.25) is 5.91 Å². The third kappa shape index (κ3) is 4.85. The van der Waals surface area contributed by atoms with Gasteiger partial charge in [-0.15, -0.1) is 0 Å². The molecule has 8 heteroatoms. The largest absolute Gasteiger partial charge is 0.493 e. The highest BCUT2D eigenvalue weighted by Gasteiger charge is 2.24. The molecule has 0 spiro atoms. The molecule has 1 heterocycles. The summed E-state index contributed by atoms with van der Waals surface area (Å²) in [4.78, 5) is 12.0. The van der Waals surface area contributed by atoms with Crippen molar-refractivity contribution >= 4 is 21.4 Å². The van der Waals surface area contributed by atoms with Crippen molar-refractivity contribution in [2.45, 2.75) is 31.1 Å². The Hall–Kier alpha value is -1.80. The number of ether oxygens (including phenoxy) is 3. The minimum Gasteiger partial charge on any atom is -0.493 e. The zero-order valence-corrected chi connectivity index (χ0v) is 14.9. The van der Waals surface area contributed by atoms with E-state index in [9.17, 15) is 13.2 Å². The van der Waals surface area contributed by atoms with Crippen molar-refractivity contribution in [1.29, 1.82) is 0 Å². The first-order valence-corrected chi connectivity index (χ1v) is 9.69. The summed E-state index contributed by atoms with van der Waals surface area (Å²) in [6.07, 6.45) is 3.05. The Morgan fingerprint density at radius 1 is 1.42 bits per heavy atom. The molecule has 1 aromatic carbocycles. The number of anilines is 1. The Kier molecular flexibility index (Phi) is 6.06. The number of rotatable bonds is 7. The van der Waals surface area contributed by atoms with E-state index in [2.05, 4.69) is 5.32 Å². The van der Waals surface area contributed by atoms with Gasteiger partial charge in [-0.2, -0.15) is 0 Å². The Labute approximate surface area is 142 Å². The van der Waals surface area contributed by atoms with Crippen LogP contribution in [0.5, 0.6) is 11.5 Å². The third-order valence-electron chi connectivity index (χ3n) is 3.89. The molecule has 0 saturated carbocycles. The van der Waals surface area contributed by atoms with Crippen molar-refractivity contribution < 1.29 is 27.4 Å². The molecule has 7 nitrogen and oxygen atoms in total. The van der Waals surface area contributed by atoms with Gasteiger partial charge in [-0.05, 0) is 31.9 Å². The predicted molar refractivity (Wildman–Crippen MR) is 90.4 cm³/mol. The number of nitrogens with one attached hydrogen (secondary N) is 1. The molecule has 0 unspecified atom stereocenters. The third-order valence-corrected chi connectivity index (χ3v) is 5.39. The summed E-state index contributed by atoms with van der Waals surface area (Å²) >= 11 is 0. The first-order valence-electron chi connectivity index (χ1n) is 7.73. The fourth-order valence-corrected chi connectivity index (χ4v) is 2.71. The van der Waals surface area contributed by atoms with Crippen molar-refractivity contribution in [1.82, 2.24) is 0 Å². The summed E-state index contributed by atoms with van der Waals surface area (Å²) in [6.45, 7) is 2.49. The predicted octanol–water partition coefficient (Wildman–Crippen LogP) is 1.62. The Morgan fingerprint density at radius 3 is 2.75 bits per heavy atom. The lowest BCUT2D eigenvalue weighted by atomic mass is 10.2. The number of carbonyl (C=O) groups excluding carboxylic acids is 1. The second-order valence-corrected chi connectivity index (χ2v) is 8.14.